The van der Waals surface area contributed by atoms with Crippen molar-refractivity contribution in [1.82, 2.24) is 19.9 Å². The number of hydrogen-bond donors (Lipinski definition) is 0. The first-order chi connectivity index (χ1) is 18.3. The normalized spacial score (nSPS) is 14.9. The molecule has 0 saturated heterocycles. The molecule has 11 heteroatoms. The Labute approximate surface area is 221 Å². The van der Waals surface area contributed by atoms with Gasteiger partial charge in [-0.05, 0) is 62.9 Å². The van der Waals surface area contributed by atoms with Gasteiger partial charge in [-0.2, -0.15) is 23.3 Å². The zero-order chi connectivity index (χ0) is 28.2. The van der Waals surface area contributed by atoms with Crippen LogP contribution in [0.1, 0.15) is 56.0 Å². The lowest BCUT2D eigenvalue weighted by Gasteiger charge is -2.28. The second-order valence-electron chi connectivity index (χ2n) is 10.4. The molecule has 0 aliphatic heterocycles. The number of carbonyl (C=O) groups is 1. The van der Waals surface area contributed by atoms with E-state index >= 15 is 0 Å². The van der Waals surface area contributed by atoms with Crippen LogP contribution in [0, 0.1) is 12.7 Å². The van der Waals surface area contributed by atoms with E-state index in [1.807, 2.05) is 31.2 Å². The van der Waals surface area contributed by atoms with E-state index < -0.39 is 28.6 Å². The Morgan fingerprint density at radius 3 is 2.51 bits per heavy atom. The smallest absolute Gasteiger partial charge is 0.398 e. The Bertz CT molecular complexity index is 1550. The number of alkyl halides is 3. The lowest BCUT2D eigenvalue weighted by atomic mass is 9.83. The predicted molar refractivity (Wildman–Crippen MR) is 133 cm³/mol. The van der Waals surface area contributed by atoms with E-state index in [0.717, 1.165) is 55.6 Å². The van der Waals surface area contributed by atoms with E-state index in [1.54, 1.807) is 10.7 Å². The van der Waals surface area contributed by atoms with Crippen molar-refractivity contribution in [3.8, 4) is 23.0 Å². The van der Waals surface area contributed by atoms with Gasteiger partial charge in [0.25, 0.3) is 5.89 Å². The van der Waals surface area contributed by atoms with Crippen LogP contribution in [0.2, 0.25) is 0 Å². The molecule has 7 nitrogen and oxygen atoms in total. The maximum atomic E-state index is 14.7. The highest BCUT2D eigenvalue weighted by Crippen LogP contribution is 2.49. The third kappa shape index (κ3) is 5.05. The van der Waals surface area contributed by atoms with Gasteiger partial charge in [0.15, 0.2) is 5.69 Å². The van der Waals surface area contributed by atoms with Crippen molar-refractivity contribution in [2.24, 2.45) is 0 Å². The molecule has 0 bridgehead atoms. The minimum absolute atomic E-state index is 0.0281. The molecule has 204 valence electrons. The summed E-state index contributed by atoms with van der Waals surface area (Å²) >= 11 is 0. The minimum atomic E-state index is -4.62. The standard InChI is InChI=1S/C28H26F4N4O3/c1-16-12-23(34-36(16)15-18-6-5-7-20(13-18)27(10-11-27)38-17(2)37)25-33-24(35-39-25)19-8-9-21(22(29)14-19)26(3,4)28(30,31)32/h5-9,12-14H,10-11,15H2,1-4H3. The van der Waals surface area contributed by atoms with Crippen LogP contribution in [0.3, 0.4) is 0 Å². The molecular weight excluding hydrogens is 516 g/mol. The highest BCUT2D eigenvalue weighted by molar-refractivity contribution is 5.67. The number of ether oxygens (including phenoxy) is 1. The van der Waals surface area contributed by atoms with Crippen molar-refractivity contribution in [2.75, 3.05) is 0 Å². The van der Waals surface area contributed by atoms with Crippen molar-refractivity contribution >= 4 is 5.97 Å². The molecule has 0 spiro atoms. The van der Waals surface area contributed by atoms with Gasteiger partial charge in [0, 0.05) is 23.7 Å². The summed E-state index contributed by atoms with van der Waals surface area (Å²) in [6.45, 7) is 5.57. The van der Waals surface area contributed by atoms with Crippen LogP contribution in [0.4, 0.5) is 17.6 Å². The summed E-state index contributed by atoms with van der Waals surface area (Å²) in [4.78, 5) is 15.8. The molecule has 2 aromatic heterocycles. The predicted octanol–water partition coefficient (Wildman–Crippen LogP) is 6.49. The first kappa shape index (κ1) is 26.6. The summed E-state index contributed by atoms with van der Waals surface area (Å²) in [6, 6.07) is 13.0. The Hall–Kier alpha value is -4.02. The summed E-state index contributed by atoms with van der Waals surface area (Å²) in [5.41, 5.74) is -0.0720. The Morgan fingerprint density at radius 1 is 1.13 bits per heavy atom. The highest BCUT2D eigenvalue weighted by Gasteiger charge is 2.50. The molecule has 1 aliphatic carbocycles. The van der Waals surface area contributed by atoms with Gasteiger partial charge in [-0.25, -0.2) is 4.39 Å². The first-order valence-electron chi connectivity index (χ1n) is 12.3. The first-order valence-corrected chi connectivity index (χ1v) is 12.3. The molecule has 0 amide bonds. The van der Waals surface area contributed by atoms with E-state index in [-0.39, 0.29) is 23.2 Å². The second kappa shape index (κ2) is 9.32. The van der Waals surface area contributed by atoms with Crippen LogP contribution < -0.4 is 0 Å². The minimum Gasteiger partial charge on any atom is -0.454 e. The molecule has 0 radical (unpaired) electrons. The summed E-state index contributed by atoms with van der Waals surface area (Å²) in [6.07, 6.45) is -3.05. The van der Waals surface area contributed by atoms with Crippen molar-refractivity contribution in [1.29, 1.82) is 0 Å². The van der Waals surface area contributed by atoms with Crippen LogP contribution in [-0.2, 0) is 27.1 Å². The van der Waals surface area contributed by atoms with Gasteiger partial charge in [-0.3, -0.25) is 9.48 Å². The van der Waals surface area contributed by atoms with E-state index in [9.17, 15) is 22.4 Å². The highest BCUT2D eigenvalue weighted by atomic mass is 19.4. The SMILES string of the molecule is CC(=O)OC1(c2cccc(Cn3nc(-c4nc(-c5ccc(C(C)(C)C(F)(F)F)c(F)c5)no4)cc3C)c2)CC1. The summed E-state index contributed by atoms with van der Waals surface area (Å²) < 4.78 is 67.5. The molecule has 2 heterocycles. The molecule has 0 atom stereocenters. The van der Waals surface area contributed by atoms with Crippen molar-refractivity contribution < 1.29 is 31.6 Å². The Balaban J connectivity index is 1.36. The number of halogens is 4. The van der Waals surface area contributed by atoms with Crippen LogP contribution in [0.15, 0.2) is 53.1 Å². The fraction of sp³-hybridized carbons (Fsp3) is 0.357. The van der Waals surface area contributed by atoms with E-state index in [2.05, 4.69) is 15.2 Å². The number of hydrogen-bond acceptors (Lipinski definition) is 6. The molecule has 1 fully saturated rings. The molecular formula is C28H26F4N4O3. The van der Waals surface area contributed by atoms with Crippen molar-refractivity contribution in [3.63, 3.8) is 0 Å². The average molecular weight is 543 g/mol. The van der Waals surface area contributed by atoms with Crippen LogP contribution in [0.5, 0.6) is 0 Å². The lowest BCUT2D eigenvalue weighted by Crippen LogP contribution is -2.37. The maximum Gasteiger partial charge on any atom is 0.398 e. The Kier molecular flexibility index (Phi) is 6.35. The monoisotopic (exact) mass is 542 g/mol. The fourth-order valence-electron chi connectivity index (χ4n) is 4.50. The number of carbonyl (C=O) groups excluding carboxylic acids is 1. The third-order valence-electron chi connectivity index (χ3n) is 7.06. The van der Waals surface area contributed by atoms with E-state index in [0.29, 0.717) is 12.2 Å². The number of benzene rings is 2. The number of aryl methyl sites for hydroxylation is 1. The van der Waals surface area contributed by atoms with E-state index in [1.165, 1.54) is 13.0 Å². The van der Waals surface area contributed by atoms with E-state index in [4.69, 9.17) is 9.26 Å². The quantitative estimate of drug-likeness (QED) is 0.196. The van der Waals surface area contributed by atoms with Gasteiger partial charge in [0.1, 0.15) is 11.4 Å². The largest absolute Gasteiger partial charge is 0.454 e. The molecule has 1 aliphatic rings. The molecule has 2 aromatic carbocycles. The Morgan fingerprint density at radius 2 is 1.87 bits per heavy atom. The molecule has 4 aromatic rings. The van der Waals surface area contributed by atoms with Gasteiger partial charge in [0.05, 0.1) is 12.0 Å². The molecule has 1 saturated carbocycles. The molecule has 0 N–H and O–H groups in total. The number of nitrogens with zero attached hydrogens (tertiary/aromatic N) is 4. The summed E-state index contributed by atoms with van der Waals surface area (Å²) in [7, 11) is 0. The molecule has 5 rings (SSSR count). The van der Waals surface area contributed by atoms with Gasteiger partial charge >= 0.3 is 12.1 Å². The summed E-state index contributed by atoms with van der Waals surface area (Å²) in [5.74, 6) is -1.20. The van der Waals surface area contributed by atoms with Gasteiger partial charge in [-0.1, -0.05) is 35.5 Å². The van der Waals surface area contributed by atoms with Crippen LogP contribution in [-0.4, -0.2) is 32.1 Å². The average Bonchev–Trinajstić information content (AvgIpc) is 3.29. The zero-order valence-corrected chi connectivity index (χ0v) is 21.8. The molecule has 0 unspecified atom stereocenters. The van der Waals surface area contributed by atoms with Gasteiger partial charge < -0.3 is 9.26 Å². The topological polar surface area (TPSA) is 83.0 Å². The lowest BCUT2D eigenvalue weighted by molar-refractivity contribution is -0.180. The second-order valence-corrected chi connectivity index (χ2v) is 10.4. The van der Waals surface area contributed by atoms with Crippen LogP contribution in [0.25, 0.3) is 23.0 Å². The zero-order valence-electron chi connectivity index (χ0n) is 21.8. The third-order valence-corrected chi connectivity index (χ3v) is 7.06. The summed E-state index contributed by atoms with van der Waals surface area (Å²) in [5, 5.41) is 8.44. The number of rotatable bonds is 7. The fourth-order valence-corrected chi connectivity index (χ4v) is 4.50. The number of aromatic nitrogens is 4. The van der Waals surface area contributed by atoms with Gasteiger partial charge in [-0.15, -0.1) is 0 Å². The number of esters is 1. The van der Waals surface area contributed by atoms with Crippen LogP contribution >= 0.6 is 0 Å². The van der Waals surface area contributed by atoms with Gasteiger partial charge in [0.2, 0.25) is 5.82 Å². The molecule has 39 heavy (non-hydrogen) atoms. The van der Waals surface area contributed by atoms with Crippen molar-refractivity contribution in [3.05, 3.63) is 76.7 Å². The maximum absolute atomic E-state index is 14.7. The van der Waals surface area contributed by atoms with Crippen molar-refractivity contribution in [2.45, 2.75) is 64.3 Å².